The molecular formula is C10H11ClO3. The Labute approximate surface area is 87.6 Å². The normalized spacial score (nSPS) is 9.57. The fourth-order valence-electron chi connectivity index (χ4n) is 0.935. The van der Waals surface area contributed by atoms with Crippen LogP contribution in [0.2, 0.25) is 0 Å². The Bertz CT molecular complexity index is 312. The van der Waals surface area contributed by atoms with E-state index in [4.69, 9.17) is 21.1 Å². The summed E-state index contributed by atoms with van der Waals surface area (Å²) in [6, 6.07) is 7.14. The van der Waals surface area contributed by atoms with E-state index in [0.717, 1.165) is 0 Å². The highest BCUT2D eigenvalue weighted by Gasteiger charge is 2.05. The molecule has 0 atom stereocenters. The van der Waals surface area contributed by atoms with Crippen molar-refractivity contribution in [2.24, 2.45) is 0 Å². The maximum Gasteiger partial charge on any atom is 0.184 e. The number of methoxy groups -OCH3 is 1. The van der Waals surface area contributed by atoms with Gasteiger partial charge >= 0.3 is 0 Å². The van der Waals surface area contributed by atoms with Crippen LogP contribution >= 0.6 is 11.6 Å². The summed E-state index contributed by atoms with van der Waals surface area (Å²) >= 11 is 5.33. The lowest BCUT2D eigenvalue weighted by atomic mass is 10.3. The van der Waals surface area contributed by atoms with Gasteiger partial charge in [0.05, 0.1) is 13.0 Å². The molecule has 14 heavy (non-hydrogen) atoms. The predicted octanol–water partition coefficient (Wildman–Crippen LogP) is 1.88. The number of Topliss-reactive ketones (excluding diaryl/α,β-unsaturated/α-hetero) is 1. The van der Waals surface area contributed by atoms with Crippen molar-refractivity contribution in [2.75, 3.05) is 19.6 Å². The molecule has 0 aliphatic heterocycles. The summed E-state index contributed by atoms with van der Waals surface area (Å²) in [6.45, 7) is -0.0239. The number of rotatable bonds is 5. The van der Waals surface area contributed by atoms with Gasteiger partial charge in [0, 0.05) is 0 Å². The summed E-state index contributed by atoms with van der Waals surface area (Å²) in [6.07, 6.45) is 0. The van der Waals surface area contributed by atoms with Crippen LogP contribution in [0.3, 0.4) is 0 Å². The minimum absolute atomic E-state index is 0.0239. The van der Waals surface area contributed by atoms with Crippen molar-refractivity contribution in [3.8, 4) is 11.5 Å². The third kappa shape index (κ3) is 2.92. The zero-order valence-electron chi connectivity index (χ0n) is 7.83. The Morgan fingerprint density at radius 1 is 1.36 bits per heavy atom. The lowest BCUT2D eigenvalue weighted by molar-refractivity contribution is -0.118. The number of carbonyl (C=O) groups excluding carboxylic acids is 1. The van der Waals surface area contributed by atoms with Crippen molar-refractivity contribution in [1.29, 1.82) is 0 Å². The second-order valence-electron chi connectivity index (χ2n) is 2.61. The number of carbonyl (C=O) groups is 1. The van der Waals surface area contributed by atoms with Crippen molar-refractivity contribution >= 4 is 17.4 Å². The molecule has 4 heteroatoms. The highest BCUT2D eigenvalue weighted by molar-refractivity contribution is 6.27. The summed E-state index contributed by atoms with van der Waals surface area (Å²) in [5.74, 6) is 0.968. The lowest BCUT2D eigenvalue weighted by Gasteiger charge is -2.08. The SMILES string of the molecule is COc1ccccc1OCC(=O)CCl. The summed E-state index contributed by atoms with van der Waals surface area (Å²) in [4.78, 5) is 10.9. The van der Waals surface area contributed by atoms with Gasteiger partial charge in [-0.1, -0.05) is 12.1 Å². The van der Waals surface area contributed by atoms with Crippen LogP contribution in [-0.2, 0) is 4.79 Å². The smallest absolute Gasteiger partial charge is 0.184 e. The van der Waals surface area contributed by atoms with E-state index in [-0.39, 0.29) is 18.3 Å². The quantitative estimate of drug-likeness (QED) is 0.703. The fraction of sp³-hybridized carbons (Fsp3) is 0.300. The van der Waals surface area contributed by atoms with Gasteiger partial charge in [-0.3, -0.25) is 4.79 Å². The Kier molecular flexibility index (Phi) is 4.26. The molecule has 0 spiro atoms. The average Bonchev–Trinajstić information content (AvgIpc) is 2.26. The van der Waals surface area contributed by atoms with Crippen LogP contribution in [0.4, 0.5) is 0 Å². The molecule has 0 aliphatic rings. The molecule has 0 radical (unpaired) electrons. The number of halogens is 1. The van der Waals surface area contributed by atoms with Gasteiger partial charge in [0.1, 0.15) is 6.61 Å². The van der Waals surface area contributed by atoms with Crippen molar-refractivity contribution in [3.63, 3.8) is 0 Å². The molecule has 76 valence electrons. The summed E-state index contributed by atoms with van der Waals surface area (Å²) < 4.78 is 10.3. The van der Waals surface area contributed by atoms with Crippen LogP contribution in [0.25, 0.3) is 0 Å². The molecule has 0 fully saturated rings. The molecule has 0 aromatic heterocycles. The maximum atomic E-state index is 10.9. The van der Waals surface area contributed by atoms with Gasteiger partial charge in [0.2, 0.25) is 0 Å². The second kappa shape index (κ2) is 5.50. The molecule has 0 aliphatic carbocycles. The van der Waals surface area contributed by atoms with Gasteiger partial charge in [-0.05, 0) is 12.1 Å². The Hall–Kier alpha value is -1.22. The van der Waals surface area contributed by atoms with E-state index >= 15 is 0 Å². The minimum atomic E-state index is -0.155. The van der Waals surface area contributed by atoms with E-state index in [0.29, 0.717) is 11.5 Å². The third-order valence-electron chi connectivity index (χ3n) is 1.61. The summed E-state index contributed by atoms with van der Waals surface area (Å²) in [5, 5.41) is 0. The molecule has 1 aromatic rings. The number of ether oxygens (including phenoxy) is 2. The minimum Gasteiger partial charge on any atom is -0.493 e. The van der Waals surface area contributed by atoms with Gasteiger partial charge in [0.25, 0.3) is 0 Å². The van der Waals surface area contributed by atoms with Gasteiger partial charge in [0.15, 0.2) is 17.3 Å². The molecule has 0 saturated heterocycles. The third-order valence-corrected chi connectivity index (χ3v) is 1.90. The van der Waals surface area contributed by atoms with Crippen molar-refractivity contribution < 1.29 is 14.3 Å². The van der Waals surface area contributed by atoms with Crippen LogP contribution in [-0.4, -0.2) is 25.4 Å². The van der Waals surface area contributed by atoms with E-state index in [1.165, 1.54) is 0 Å². The molecule has 0 heterocycles. The molecule has 0 bridgehead atoms. The summed E-state index contributed by atoms with van der Waals surface area (Å²) in [5.41, 5.74) is 0. The number of alkyl halides is 1. The van der Waals surface area contributed by atoms with E-state index in [1.807, 2.05) is 12.1 Å². The molecule has 0 unspecified atom stereocenters. The van der Waals surface area contributed by atoms with Crippen LogP contribution in [0.1, 0.15) is 0 Å². The van der Waals surface area contributed by atoms with Crippen LogP contribution < -0.4 is 9.47 Å². The van der Waals surface area contributed by atoms with E-state index < -0.39 is 0 Å². The fourth-order valence-corrected chi connectivity index (χ4v) is 1.01. The standard InChI is InChI=1S/C10H11ClO3/c1-13-9-4-2-3-5-10(9)14-7-8(12)6-11/h2-5H,6-7H2,1H3. The number of hydrogen-bond acceptors (Lipinski definition) is 3. The highest BCUT2D eigenvalue weighted by atomic mass is 35.5. The van der Waals surface area contributed by atoms with Gasteiger partial charge in [-0.2, -0.15) is 0 Å². The Morgan fingerprint density at radius 3 is 2.57 bits per heavy atom. The van der Waals surface area contributed by atoms with Crippen molar-refractivity contribution in [2.45, 2.75) is 0 Å². The zero-order valence-corrected chi connectivity index (χ0v) is 8.58. The first-order valence-corrected chi connectivity index (χ1v) is 4.65. The van der Waals surface area contributed by atoms with Crippen LogP contribution in [0.5, 0.6) is 11.5 Å². The van der Waals surface area contributed by atoms with E-state index in [2.05, 4.69) is 0 Å². The first-order valence-electron chi connectivity index (χ1n) is 4.11. The largest absolute Gasteiger partial charge is 0.493 e. The maximum absolute atomic E-state index is 10.9. The molecule has 1 rings (SSSR count). The lowest BCUT2D eigenvalue weighted by Crippen LogP contribution is -2.12. The molecule has 3 nitrogen and oxygen atoms in total. The topological polar surface area (TPSA) is 35.5 Å². The highest BCUT2D eigenvalue weighted by Crippen LogP contribution is 2.25. The van der Waals surface area contributed by atoms with Crippen molar-refractivity contribution in [3.05, 3.63) is 24.3 Å². The Balaban J connectivity index is 2.61. The van der Waals surface area contributed by atoms with Crippen LogP contribution in [0.15, 0.2) is 24.3 Å². The Morgan fingerprint density at radius 2 is 2.00 bits per heavy atom. The second-order valence-corrected chi connectivity index (χ2v) is 2.88. The number of hydrogen-bond donors (Lipinski definition) is 0. The first-order chi connectivity index (χ1) is 6.77. The van der Waals surface area contributed by atoms with E-state index in [9.17, 15) is 4.79 Å². The predicted molar refractivity (Wildman–Crippen MR) is 54.2 cm³/mol. The average molecular weight is 215 g/mol. The zero-order chi connectivity index (χ0) is 10.4. The molecule has 0 saturated carbocycles. The summed E-state index contributed by atoms with van der Waals surface area (Å²) in [7, 11) is 1.55. The monoisotopic (exact) mass is 214 g/mol. The molecular weight excluding hydrogens is 204 g/mol. The van der Waals surface area contributed by atoms with Crippen molar-refractivity contribution in [1.82, 2.24) is 0 Å². The van der Waals surface area contributed by atoms with Gasteiger partial charge < -0.3 is 9.47 Å². The number of para-hydroxylation sites is 2. The molecule has 0 amide bonds. The van der Waals surface area contributed by atoms with Crippen LogP contribution in [0, 0.1) is 0 Å². The number of benzene rings is 1. The molecule has 1 aromatic carbocycles. The van der Waals surface area contributed by atoms with Gasteiger partial charge in [-0.25, -0.2) is 0 Å². The van der Waals surface area contributed by atoms with E-state index in [1.54, 1.807) is 19.2 Å². The molecule has 0 N–H and O–H groups in total. The van der Waals surface area contributed by atoms with Gasteiger partial charge in [-0.15, -0.1) is 11.6 Å². The first kappa shape index (κ1) is 10.9. The number of ketones is 1.